The molecule has 0 aliphatic carbocycles. The van der Waals surface area contributed by atoms with Crippen molar-refractivity contribution >= 4 is 23.8 Å². The zero-order chi connectivity index (χ0) is 33.9. The summed E-state index contributed by atoms with van der Waals surface area (Å²) in [5.74, 6) is -7.51. The van der Waals surface area contributed by atoms with E-state index in [1.807, 2.05) is 18.3 Å². The molecule has 0 unspecified atom stereocenters. The van der Waals surface area contributed by atoms with E-state index in [1.54, 1.807) is 7.05 Å². The molecule has 43 heavy (non-hydrogen) atoms. The second-order valence-electron chi connectivity index (χ2n) is 9.16. The minimum atomic E-state index is -5.08. The van der Waals surface area contributed by atoms with E-state index in [0.717, 1.165) is 31.7 Å². The van der Waals surface area contributed by atoms with Crippen molar-refractivity contribution in [2.24, 2.45) is 5.92 Å². The van der Waals surface area contributed by atoms with Crippen molar-refractivity contribution in [3.05, 3.63) is 30.1 Å². The van der Waals surface area contributed by atoms with Crippen LogP contribution in [-0.4, -0.2) is 111 Å². The molecule has 4 N–H and O–H groups in total. The smallest absolute Gasteiger partial charge is 0.475 e. The summed E-state index contributed by atoms with van der Waals surface area (Å²) in [5.41, 5.74) is 1.13. The van der Waals surface area contributed by atoms with E-state index in [4.69, 9.17) is 29.7 Å². The number of likely N-dealkylation sites (N-methyl/N-ethyl adjacent to an activating group) is 1. The molecule has 0 spiro atoms. The summed E-state index contributed by atoms with van der Waals surface area (Å²) in [4.78, 5) is 48.2. The first kappa shape index (κ1) is 39.3. The third-order valence-corrected chi connectivity index (χ3v) is 5.74. The van der Waals surface area contributed by atoms with Crippen LogP contribution >= 0.6 is 0 Å². The van der Waals surface area contributed by atoms with Gasteiger partial charge in [0.15, 0.2) is 0 Å². The number of aliphatic carboxylic acids is 3. The van der Waals surface area contributed by atoms with Crippen LogP contribution in [0.5, 0.6) is 0 Å². The van der Waals surface area contributed by atoms with Gasteiger partial charge in [-0.15, -0.1) is 0 Å². The lowest BCUT2D eigenvalue weighted by Gasteiger charge is -2.33. The van der Waals surface area contributed by atoms with Gasteiger partial charge in [-0.3, -0.25) is 19.6 Å². The molecule has 2 fully saturated rings. The lowest BCUT2D eigenvalue weighted by atomic mass is 10.0. The molecule has 0 saturated carbocycles. The normalized spacial score (nSPS) is 20.3. The monoisotopic (exact) mass is 644 g/mol. The molecule has 11 nitrogen and oxygen atoms in total. The molecule has 3 atom stereocenters. The number of carboxylic acids is 3. The highest BCUT2D eigenvalue weighted by Gasteiger charge is 2.49. The van der Waals surface area contributed by atoms with Gasteiger partial charge in [0.2, 0.25) is 5.91 Å². The number of fused-ring (bicyclic) bond motifs is 1. The van der Waals surface area contributed by atoms with Crippen LogP contribution in [0.15, 0.2) is 24.4 Å². The van der Waals surface area contributed by atoms with Crippen molar-refractivity contribution in [2.75, 3.05) is 20.1 Å². The fraction of sp³-hybridized carbons (Fsp3) is 0.609. The third-order valence-electron chi connectivity index (χ3n) is 5.74. The fourth-order valence-electron chi connectivity index (χ4n) is 4.15. The Kier molecular flexibility index (Phi) is 14.9. The molecule has 2 saturated heterocycles. The summed E-state index contributed by atoms with van der Waals surface area (Å²) in [6.07, 6.45) is -12.4. The molecule has 0 aromatic carbocycles. The molecule has 0 bridgehead atoms. The first-order valence-corrected chi connectivity index (χ1v) is 11.9. The van der Waals surface area contributed by atoms with Gasteiger partial charge in [-0.1, -0.05) is 6.07 Å². The second-order valence-corrected chi connectivity index (χ2v) is 9.16. The van der Waals surface area contributed by atoms with Crippen LogP contribution in [0.3, 0.4) is 0 Å². The van der Waals surface area contributed by atoms with Crippen LogP contribution in [0.2, 0.25) is 0 Å². The molecule has 1 aromatic heterocycles. The Balaban J connectivity index is 0.000000690. The van der Waals surface area contributed by atoms with Gasteiger partial charge in [-0.2, -0.15) is 39.5 Å². The second kappa shape index (κ2) is 16.2. The average Bonchev–Trinajstić information content (AvgIpc) is 3.40. The number of pyridine rings is 1. The number of carboxylic acid groups (broad SMARTS) is 3. The summed E-state index contributed by atoms with van der Waals surface area (Å²) >= 11 is 0. The van der Waals surface area contributed by atoms with Crippen LogP contribution in [0, 0.1) is 5.92 Å². The van der Waals surface area contributed by atoms with E-state index in [-0.39, 0.29) is 11.9 Å². The quantitative estimate of drug-likeness (QED) is 0.359. The molecule has 246 valence electrons. The summed E-state index contributed by atoms with van der Waals surface area (Å²) < 4.78 is 95.2. The molecule has 0 radical (unpaired) electrons. The summed E-state index contributed by atoms with van der Waals surface area (Å²) in [7, 11) is 1.74. The molecule has 2 aliphatic rings. The fourth-order valence-corrected chi connectivity index (χ4v) is 4.15. The molecular weight excluding hydrogens is 615 g/mol. The van der Waals surface area contributed by atoms with Crippen LogP contribution in [0.25, 0.3) is 0 Å². The molecule has 20 heteroatoms. The van der Waals surface area contributed by atoms with Gasteiger partial charge in [0, 0.05) is 45.0 Å². The van der Waals surface area contributed by atoms with Crippen molar-refractivity contribution in [3.8, 4) is 0 Å². The number of alkyl halides is 9. The Hall–Kier alpha value is -3.68. The van der Waals surface area contributed by atoms with E-state index < -0.39 is 36.4 Å². The molecular formula is C23H29F9N4O7. The molecule has 3 rings (SSSR count). The van der Waals surface area contributed by atoms with Gasteiger partial charge in [-0.05, 0) is 38.3 Å². The van der Waals surface area contributed by atoms with Crippen LogP contribution < -0.4 is 5.32 Å². The van der Waals surface area contributed by atoms with Gasteiger partial charge in [0.25, 0.3) is 0 Å². The highest BCUT2D eigenvalue weighted by atomic mass is 19.4. The maximum absolute atomic E-state index is 12.2. The van der Waals surface area contributed by atoms with E-state index >= 15 is 0 Å². The van der Waals surface area contributed by atoms with Crippen molar-refractivity contribution in [2.45, 2.75) is 63.5 Å². The van der Waals surface area contributed by atoms with Crippen molar-refractivity contribution in [1.82, 2.24) is 20.1 Å². The van der Waals surface area contributed by atoms with Gasteiger partial charge < -0.3 is 20.6 Å². The Bertz CT molecular complexity index is 1010. The predicted molar refractivity (Wildman–Crippen MR) is 127 cm³/mol. The van der Waals surface area contributed by atoms with Gasteiger partial charge >= 0.3 is 36.4 Å². The van der Waals surface area contributed by atoms with Crippen molar-refractivity contribution in [1.29, 1.82) is 0 Å². The van der Waals surface area contributed by atoms with Crippen LogP contribution in [0.4, 0.5) is 39.5 Å². The number of likely N-dealkylation sites (tertiary alicyclic amines) is 2. The number of hydrogen-bond donors (Lipinski definition) is 4. The summed E-state index contributed by atoms with van der Waals surface area (Å²) in [6, 6.07) is 7.01. The SMILES string of the molecule is CNC(=O)[C@@H]1C[C@H]2CN(Cc3ccccn3)C[C@H]2N1C(C)C.O=C(O)C(F)(F)F.O=C(O)C(F)(F)F.O=C(O)C(F)(F)F. The Morgan fingerprint density at radius 3 is 1.65 bits per heavy atom. The van der Waals surface area contributed by atoms with Gasteiger partial charge in [0.05, 0.1) is 11.7 Å². The maximum atomic E-state index is 12.2. The van der Waals surface area contributed by atoms with Crippen molar-refractivity contribution < 1.29 is 74.0 Å². The first-order valence-electron chi connectivity index (χ1n) is 11.9. The number of nitrogens with one attached hydrogen (secondary N) is 1. The van der Waals surface area contributed by atoms with Gasteiger partial charge in [0.1, 0.15) is 0 Å². The number of hydrogen-bond acceptors (Lipinski definition) is 7. The predicted octanol–water partition coefficient (Wildman–Crippen LogP) is 3.01. The third kappa shape index (κ3) is 13.9. The van der Waals surface area contributed by atoms with E-state index in [2.05, 4.69) is 40.0 Å². The van der Waals surface area contributed by atoms with Crippen LogP contribution in [0.1, 0.15) is 26.0 Å². The Morgan fingerprint density at radius 2 is 1.33 bits per heavy atom. The first-order chi connectivity index (χ1) is 19.4. The van der Waals surface area contributed by atoms with E-state index in [0.29, 0.717) is 18.0 Å². The molecule has 2 aliphatic heterocycles. The molecule has 3 heterocycles. The highest BCUT2D eigenvalue weighted by Crippen LogP contribution is 2.37. The number of nitrogens with zero attached hydrogens (tertiary/aromatic N) is 3. The zero-order valence-electron chi connectivity index (χ0n) is 22.7. The minimum Gasteiger partial charge on any atom is -0.475 e. The number of rotatable bonds is 4. The lowest BCUT2D eigenvalue weighted by molar-refractivity contribution is -0.193. The zero-order valence-corrected chi connectivity index (χ0v) is 22.7. The Labute approximate surface area is 238 Å². The minimum absolute atomic E-state index is 0.0389. The number of amides is 1. The summed E-state index contributed by atoms with van der Waals surface area (Å²) in [6.45, 7) is 7.40. The van der Waals surface area contributed by atoms with Crippen molar-refractivity contribution in [3.63, 3.8) is 0 Å². The Morgan fingerprint density at radius 1 is 0.884 bits per heavy atom. The topological polar surface area (TPSA) is 160 Å². The van der Waals surface area contributed by atoms with E-state index in [9.17, 15) is 44.3 Å². The number of halogens is 9. The summed E-state index contributed by atoms with van der Waals surface area (Å²) in [5, 5.41) is 24.2. The molecule has 1 amide bonds. The van der Waals surface area contributed by atoms with Crippen LogP contribution in [-0.2, 0) is 25.7 Å². The average molecular weight is 644 g/mol. The van der Waals surface area contributed by atoms with E-state index in [1.165, 1.54) is 0 Å². The lowest BCUT2D eigenvalue weighted by Crippen LogP contribution is -2.50. The number of aromatic nitrogens is 1. The molecule has 1 aromatic rings. The van der Waals surface area contributed by atoms with Gasteiger partial charge in [-0.25, -0.2) is 14.4 Å². The number of carbonyl (C=O) groups is 4. The largest absolute Gasteiger partial charge is 0.490 e. The highest BCUT2D eigenvalue weighted by molar-refractivity contribution is 5.82. The number of carbonyl (C=O) groups excluding carboxylic acids is 1. The standard InChI is InChI=1S/C17H26N4O.3C2HF3O2/c1-12(2)21-15(17(22)18-3)8-13-9-20(11-16(13)21)10-14-6-4-5-7-19-14;3*3-2(4,5)1(6)7/h4-7,12-13,15-16H,8-11H2,1-3H3,(H,18,22);3*(H,6,7)/t13-,15-,16+;;;/m0.../s1. The maximum Gasteiger partial charge on any atom is 0.490 e.